The minimum absolute atomic E-state index is 0.0331. The van der Waals surface area contributed by atoms with E-state index in [2.05, 4.69) is 45.0 Å². The van der Waals surface area contributed by atoms with Gasteiger partial charge in [0.25, 0.3) is 0 Å². The first-order valence-electron chi connectivity index (χ1n) is 28.6. The molecule has 3 N–H and O–H groups in total. The predicted octanol–water partition coefficient (Wildman–Crippen LogP) is 9.49. The lowest BCUT2D eigenvalue weighted by Gasteiger charge is -2.63. The summed E-state index contributed by atoms with van der Waals surface area (Å²) in [6.07, 6.45) is 9.13. The van der Waals surface area contributed by atoms with Crippen LogP contribution in [-0.4, -0.2) is 114 Å². The van der Waals surface area contributed by atoms with Gasteiger partial charge in [0, 0.05) is 23.3 Å². The fraction of sp³-hybridized carbons (Fsp3) is 0.733. The molecule has 0 spiro atoms. The first-order chi connectivity index (χ1) is 36.0. The maximum atomic E-state index is 14.6. The summed E-state index contributed by atoms with van der Waals surface area (Å²) in [5.74, 6) is -1.40. The molecule has 1 saturated heterocycles. The number of piperidine rings is 1. The van der Waals surface area contributed by atoms with E-state index in [1.807, 2.05) is 41.3 Å². The number of aliphatic hydroxyl groups excluding tert-OH is 2. The van der Waals surface area contributed by atoms with Crippen LogP contribution in [0.1, 0.15) is 167 Å². The number of rotatable bonds is 17. The molecule has 6 aliphatic rings. The zero-order valence-electron chi connectivity index (χ0n) is 46.5. The highest BCUT2D eigenvalue weighted by molar-refractivity contribution is 7.18. The first-order valence-corrected chi connectivity index (χ1v) is 29.4. The molecule has 15 nitrogen and oxygen atoms in total. The van der Waals surface area contributed by atoms with Crippen LogP contribution in [0, 0.1) is 58.2 Å². The largest absolute Gasteiger partial charge is 0.462 e. The molecule has 2 amide bonds. The Balaban J connectivity index is 0.820. The van der Waals surface area contributed by atoms with E-state index in [-0.39, 0.29) is 101 Å². The smallest absolute Gasteiger partial charge is 0.353 e. The molecule has 8 rings (SSSR count). The normalized spacial score (nSPS) is 32.1. The second-order valence-corrected chi connectivity index (χ2v) is 26.4. The number of amides is 2. The molecular weight excluding hydrogens is 987 g/mol. The van der Waals surface area contributed by atoms with Crippen molar-refractivity contribution < 1.29 is 57.9 Å². The molecular formula is C60H87N3O12S. The Hall–Kier alpha value is -4.38. The number of ether oxygens (including phenoxy) is 4. The minimum atomic E-state index is -0.708. The number of carbonyl (C=O) groups excluding carboxylic acids is 6. The van der Waals surface area contributed by atoms with Crippen molar-refractivity contribution in [3.8, 4) is 10.4 Å². The zero-order valence-corrected chi connectivity index (χ0v) is 47.3. The maximum Gasteiger partial charge on any atom is 0.353 e. The zero-order chi connectivity index (χ0) is 54.7. The summed E-state index contributed by atoms with van der Waals surface area (Å²) < 4.78 is 22.3. The molecule has 11 atom stereocenters. The number of nitrogens with one attached hydrogen (secondary N) is 1. The Morgan fingerprint density at radius 1 is 0.842 bits per heavy atom. The molecule has 6 fully saturated rings. The van der Waals surface area contributed by atoms with Crippen molar-refractivity contribution in [2.24, 2.45) is 58.2 Å². The number of thiophene rings is 1. The number of carbonyl (C=O) groups is 6. The summed E-state index contributed by atoms with van der Waals surface area (Å²) in [6, 6.07) is 11.6. The van der Waals surface area contributed by atoms with Crippen LogP contribution >= 0.6 is 11.3 Å². The number of fused-ring (bicyclic) bond motifs is 5. The number of anilines is 1. The van der Waals surface area contributed by atoms with Gasteiger partial charge in [0.2, 0.25) is 18.6 Å². The van der Waals surface area contributed by atoms with Crippen LogP contribution in [0.2, 0.25) is 0 Å². The highest BCUT2D eigenvalue weighted by Crippen LogP contribution is 2.68. The molecule has 1 aromatic carbocycles. The van der Waals surface area contributed by atoms with Crippen LogP contribution in [0.5, 0.6) is 0 Å². The van der Waals surface area contributed by atoms with E-state index in [4.69, 9.17) is 18.9 Å². The minimum Gasteiger partial charge on any atom is -0.462 e. The van der Waals surface area contributed by atoms with Gasteiger partial charge in [0.05, 0.1) is 30.7 Å². The van der Waals surface area contributed by atoms with E-state index in [1.54, 1.807) is 20.8 Å². The Morgan fingerprint density at radius 2 is 1.54 bits per heavy atom. The second kappa shape index (κ2) is 24.3. The van der Waals surface area contributed by atoms with Gasteiger partial charge in [-0.3, -0.25) is 24.0 Å². The molecule has 2 heterocycles. The number of hydrogen-bond donors (Lipinski definition) is 3. The van der Waals surface area contributed by atoms with E-state index in [0.717, 1.165) is 81.3 Å². The van der Waals surface area contributed by atoms with Gasteiger partial charge >= 0.3 is 23.9 Å². The highest BCUT2D eigenvalue weighted by Gasteiger charge is 2.66. The standard InChI is InChI=1S/C60H87N3O12S/c1-36-14-17-39(18-15-36)56(70)63(41-25-28-62(8)29-26-41)46-33-48(38-12-10-9-11-13-38)76-55(46)57(71)73-35-72-51(67)22-23-52(68)74-42-24-27-59(6)40(30-42)31-47(64)54-44-20-19-43(60(44,7)49(65)32-45(54)59)37(2)16-21-50(66)61-34-53(69)75-58(3,4)5/h9-13,33,36-37,39-45,47,49,54,64-65H,14-32,34-35H2,1-8H3,(H,61,66)/t36?,37-,39?,40?,42-,43?,44?,45?,47?,49+,54?,59+,60-/m1/s1. The molecule has 5 aliphatic carbocycles. The Bertz CT molecular complexity index is 2370. The lowest BCUT2D eigenvalue weighted by Crippen LogP contribution is -2.62. The van der Waals surface area contributed by atoms with Gasteiger partial charge in [0.1, 0.15) is 23.1 Å². The van der Waals surface area contributed by atoms with Gasteiger partial charge in [-0.1, -0.05) is 58.0 Å². The fourth-order valence-corrected chi connectivity index (χ4v) is 16.1. The van der Waals surface area contributed by atoms with Crippen LogP contribution in [0.25, 0.3) is 10.4 Å². The third-order valence-corrected chi connectivity index (χ3v) is 20.4. The lowest BCUT2D eigenvalue weighted by atomic mass is 9.43. The summed E-state index contributed by atoms with van der Waals surface area (Å²) >= 11 is 1.26. The summed E-state index contributed by atoms with van der Waals surface area (Å²) in [4.78, 5) is 85.1. The summed E-state index contributed by atoms with van der Waals surface area (Å²) in [6.45, 7) is 15.1. The number of likely N-dealkylation sites (tertiary alicyclic amines) is 1. The summed E-state index contributed by atoms with van der Waals surface area (Å²) in [7, 11) is 2.08. The van der Waals surface area contributed by atoms with Gasteiger partial charge in [-0.2, -0.15) is 0 Å². The highest BCUT2D eigenvalue weighted by atomic mass is 32.1. The Kier molecular flexibility index (Phi) is 18.5. The Labute approximate surface area is 454 Å². The number of nitrogens with zero attached hydrogens (tertiary/aromatic N) is 2. The van der Waals surface area contributed by atoms with Gasteiger partial charge in [-0.05, 0) is 195 Å². The van der Waals surface area contributed by atoms with E-state index >= 15 is 0 Å². The van der Waals surface area contributed by atoms with E-state index in [9.17, 15) is 39.0 Å². The maximum absolute atomic E-state index is 14.6. The SMILES string of the molecule is CC1CCC(C(=O)N(c2cc(-c3ccccc3)sc2C(=O)OCOC(=O)CCC(=O)O[C@@H]2CC[C@@]3(C)C(CC(O)C4C3C[C@H](O)[C@@]3(C)C4CCC3[C@H](C)CCC(=O)NCC(=O)OC(C)(C)C)C2)C2CCN(C)CC2)CC1. The lowest BCUT2D eigenvalue weighted by molar-refractivity contribution is -0.209. The van der Waals surface area contributed by atoms with E-state index < -0.39 is 53.9 Å². The molecule has 6 unspecified atom stereocenters. The third-order valence-electron chi connectivity index (χ3n) is 19.3. The quantitative estimate of drug-likeness (QED) is 0.0770. The van der Waals surface area contributed by atoms with Crippen LogP contribution < -0.4 is 10.2 Å². The van der Waals surface area contributed by atoms with Gasteiger partial charge in [-0.15, -0.1) is 11.3 Å². The molecule has 2 aromatic rings. The van der Waals surface area contributed by atoms with E-state index in [1.165, 1.54) is 11.3 Å². The van der Waals surface area contributed by atoms with Crippen molar-refractivity contribution in [3.05, 3.63) is 41.3 Å². The summed E-state index contributed by atoms with van der Waals surface area (Å²) in [5.41, 5.74) is 0.259. The van der Waals surface area contributed by atoms with Crippen molar-refractivity contribution in [3.63, 3.8) is 0 Å². The predicted molar refractivity (Wildman–Crippen MR) is 290 cm³/mol. The van der Waals surface area contributed by atoms with Gasteiger partial charge in [0.15, 0.2) is 0 Å². The van der Waals surface area contributed by atoms with Gasteiger partial charge in [-0.25, -0.2) is 4.79 Å². The third kappa shape index (κ3) is 13.0. The monoisotopic (exact) mass is 1070 g/mol. The average Bonchev–Trinajstić information content (AvgIpc) is 4.08. The second-order valence-electron chi connectivity index (χ2n) is 25.3. The van der Waals surface area contributed by atoms with Gasteiger partial charge < -0.3 is 44.3 Å². The molecule has 5 saturated carbocycles. The number of aliphatic hydroxyl groups is 2. The van der Waals surface area contributed by atoms with E-state index in [0.29, 0.717) is 43.7 Å². The molecule has 76 heavy (non-hydrogen) atoms. The molecule has 0 radical (unpaired) electrons. The molecule has 0 bridgehead atoms. The van der Waals surface area contributed by atoms with Crippen LogP contribution in [0.4, 0.5) is 5.69 Å². The van der Waals surface area contributed by atoms with Crippen molar-refractivity contribution in [2.45, 2.75) is 188 Å². The molecule has 1 aromatic heterocycles. The first kappa shape index (κ1) is 57.8. The number of benzene rings is 1. The molecule has 16 heteroatoms. The topological polar surface area (TPSA) is 198 Å². The van der Waals surface area contributed by atoms with Crippen LogP contribution in [0.15, 0.2) is 36.4 Å². The number of hydrogen-bond acceptors (Lipinski definition) is 14. The number of esters is 4. The van der Waals surface area contributed by atoms with Crippen molar-refractivity contribution in [2.75, 3.05) is 38.4 Å². The fourth-order valence-electron chi connectivity index (χ4n) is 15.1. The van der Waals surface area contributed by atoms with Crippen LogP contribution in [-0.2, 0) is 42.9 Å². The molecule has 420 valence electrons. The van der Waals surface area contributed by atoms with Crippen molar-refractivity contribution in [1.29, 1.82) is 0 Å². The Morgan fingerprint density at radius 3 is 2.24 bits per heavy atom. The van der Waals surface area contributed by atoms with Crippen LogP contribution in [0.3, 0.4) is 0 Å². The molecule has 1 aliphatic heterocycles. The van der Waals surface area contributed by atoms with Crippen molar-refractivity contribution in [1.82, 2.24) is 10.2 Å². The average molecular weight is 1070 g/mol. The van der Waals surface area contributed by atoms with Crippen molar-refractivity contribution >= 4 is 52.7 Å². The summed E-state index contributed by atoms with van der Waals surface area (Å²) in [5, 5.41) is 26.9.